The number of hydrogen-bond acceptors (Lipinski definition) is 4. The maximum absolute atomic E-state index is 12.6. The highest BCUT2D eigenvalue weighted by molar-refractivity contribution is 7.89. The number of sulfonamides is 1. The molecule has 1 heterocycles. The highest BCUT2D eigenvalue weighted by Gasteiger charge is 2.21. The summed E-state index contributed by atoms with van der Waals surface area (Å²) in [7, 11) is -0.412. The van der Waals surface area contributed by atoms with E-state index >= 15 is 0 Å². The molecule has 8 heteroatoms. The summed E-state index contributed by atoms with van der Waals surface area (Å²) in [5.74, 6) is 0.126. The zero-order chi connectivity index (χ0) is 21.0. The van der Waals surface area contributed by atoms with Crippen molar-refractivity contribution < 1.29 is 13.2 Å². The topological polar surface area (TPSA) is 60.9 Å². The lowest BCUT2D eigenvalue weighted by molar-refractivity contribution is -0.131. The molecule has 29 heavy (non-hydrogen) atoms. The van der Waals surface area contributed by atoms with Gasteiger partial charge in [-0.25, -0.2) is 12.7 Å². The molecule has 3 rings (SSSR count). The van der Waals surface area contributed by atoms with Crippen LogP contribution in [-0.4, -0.2) is 63.8 Å². The highest BCUT2D eigenvalue weighted by Crippen LogP contribution is 2.21. The van der Waals surface area contributed by atoms with Gasteiger partial charge in [0, 0.05) is 57.4 Å². The molecule has 0 atom stereocenters. The molecule has 0 aromatic heterocycles. The number of halogens is 1. The van der Waals surface area contributed by atoms with Crippen LogP contribution >= 0.6 is 11.6 Å². The van der Waals surface area contributed by atoms with Crippen molar-refractivity contribution in [1.29, 1.82) is 0 Å². The molecule has 0 radical (unpaired) electrons. The predicted molar refractivity (Wildman–Crippen MR) is 116 cm³/mol. The summed E-state index contributed by atoms with van der Waals surface area (Å²) in [5, 5.41) is 0.713. The van der Waals surface area contributed by atoms with E-state index in [4.69, 9.17) is 11.6 Å². The SMILES string of the molecule is CN(C)S(=O)(=O)c1ccc(CCC(=O)N2CCN(c3cccc(Cl)c3)CC2)cc1. The highest BCUT2D eigenvalue weighted by atomic mass is 35.5. The third-order valence-electron chi connectivity index (χ3n) is 5.14. The largest absolute Gasteiger partial charge is 0.368 e. The molecule has 0 unspecified atom stereocenters. The maximum Gasteiger partial charge on any atom is 0.242 e. The van der Waals surface area contributed by atoms with Crippen molar-refractivity contribution in [3.8, 4) is 0 Å². The van der Waals surface area contributed by atoms with Crippen LogP contribution in [0.3, 0.4) is 0 Å². The third-order valence-corrected chi connectivity index (χ3v) is 7.20. The zero-order valence-electron chi connectivity index (χ0n) is 16.7. The standard InChI is InChI=1S/C21H26ClN3O3S/c1-23(2)29(27,28)20-9-6-17(7-10-20)8-11-21(26)25-14-12-24(13-15-25)19-5-3-4-18(22)16-19/h3-7,9-10,16H,8,11-15H2,1-2H3. The van der Waals surface area contributed by atoms with Gasteiger partial charge in [0.05, 0.1) is 4.90 Å². The molecule has 0 aliphatic carbocycles. The Bertz CT molecular complexity index is 953. The summed E-state index contributed by atoms with van der Waals surface area (Å²) in [6, 6.07) is 14.5. The molecule has 1 aliphatic rings. The molecular formula is C21H26ClN3O3S. The van der Waals surface area contributed by atoms with Crippen LogP contribution in [0.25, 0.3) is 0 Å². The lowest BCUT2D eigenvalue weighted by Gasteiger charge is -2.36. The lowest BCUT2D eigenvalue weighted by atomic mass is 10.1. The molecule has 0 bridgehead atoms. The van der Waals surface area contributed by atoms with Crippen LogP contribution in [0, 0.1) is 0 Å². The Kier molecular flexibility index (Phi) is 6.82. The van der Waals surface area contributed by atoms with Crippen molar-refractivity contribution in [3.05, 3.63) is 59.1 Å². The zero-order valence-corrected chi connectivity index (χ0v) is 18.3. The summed E-state index contributed by atoms with van der Waals surface area (Å²) < 4.78 is 25.4. The van der Waals surface area contributed by atoms with Gasteiger partial charge in [0.15, 0.2) is 0 Å². The second kappa shape index (κ2) is 9.15. The fraction of sp³-hybridized carbons (Fsp3) is 0.381. The molecule has 2 aromatic carbocycles. The van der Waals surface area contributed by atoms with E-state index < -0.39 is 10.0 Å². The second-order valence-electron chi connectivity index (χ2n) is 7.28. The van der Waals surface area contributed by atoms with Crippen LogP contribution in [0.1, 0.15) is 12.0 Å². The minimum Gasteiger partial charge on any atom is -0.368 e. The number of rotatable bonds is 6. The van der Waals surface area contributed by atoms with Gasteiger partial charge in [-0.1, -0.05) is 29.8 Å². The fourth-order valence-electron chi connectivity index (χ4n) is 3.34. The van der Waals surface area contributed by atoms with Crippen molar-refractivity contribution >= 4 is 33.2 Å². The minimum absolute atomic E-state index is 0.126. The first kappa shape index (κ1) is 21.6. The monoisotopic (exact) mass is 435 g/mol. The van der Waals surface area contributed by atoms with Gasteiger partial charge in [0.2, 0.25) is 15.9 Å². The number of anilines is 1. The quantitative estimate of drug-likeness (QED) is 0.700. The average molecular weight is 436 g/mol. The van der Waals surface area contributed by atoms with Crippen molar-refractivity contribution in [2.24, 2.45) is 0 Å². The summed E-state index contributed by atoms with van der Waals surface area (Å²) in [4.78, 5) is 17.0. The Morgan fingerprint density at radius 2 is 1.69 bits per heavy atom. The summed E-state index contributed by atoms with van der Waals surface area (Å²) in [6.45, 7) is 2.93. The molecule has 156 valence electrons. The van der Waals surface area contributed by atoms with Gasteiger partial charge in [-0.05, 0) is 42.3 Å². The third kappa shape index (κ3) is 5.29. The Hall–Kier alpha value is -2.09. The summed E-state index contributed by atoms with van der Waals surface area (Å²) >= 11 is 6.07. The molecule has 0 N–H and O–H groups in total. The number of hydrogen-bond donors (Lipinski definition) is 0. The number of nitrogens with zero attached hydrogens (tertiary/aromatic N) is 3. The average Bonchev–Trinajstić information content (AvgIpc) is 2.72. The molecule has 1 aliphatic heterocycles. The van der Waals surface area contributed by atoms with Crippen molar-refractivity contribution in [3.63, 3.8) is 0 Å². The van der Waals surface area contributed by atoms with Crippen LogP contribution in [0.4, 0.5) is 5.69 Å². The number of carbonyl (C=O) groups excluding carboxylic acids is 1. The molecule has 1 saturated heterocycles. The van der Waals surface area contributed by atoms with Gasteiger partial charge in [0.25, 0.3) is 0 Å². The van der Waals surface area contributed by atoms with Crippen LogP contribution in [0.15, 0.2) is 53.4 Å². The van der Waals surface area contributed by atoms with E-state index in [1.807, 2.05) is 29.2 Å². The number of amides is 1. The Labute approximate surface area is 177 Å². The number of piperazine rings is 1. The number of carbonyl (C=O) groups is 1. The maximum atomic E-state index is 12.6. The van der Waals surface area contributed by atoms with Gasteiger partial charge in [-0.2, -0.15) is 0 Å². The van der Waals surface area contributed by atoms with Gasteiger partial charge in [0.1, 0.15) is 0 Å². The fourth-order valence-corrected chi connectivity index (χ4v) is 4.42. The van der Waals surface area contributed by atoms with Crippen LogP contribution in [-0.2, 0) is 21.2 Å². The van der Waals surface area contributed by atoms with Crippen molar-refractivity contribution in [1.82, 2.24) is 9.21 Å². The molecule has 0 spiro atoms. The molecule has 1 amide bonds. The van der Waals surface area contributed by atoms with E-state index in [0.29, 0.717) is 31.0 Å². The smallest absolute Gasteiger partial charge is 0.242 e. The Morgan fingerprint density at radius 3 is 2.28 bits per heavy atom. The van der Waals surface area contributed by atoms with E-state index in [9.17, 15) is 13.2 Å². The molecule has 6 nitrogen and oxygen atoms in total. The molecular weight excluding hydrogens is 410 g/mol. The first-order valence-electron chi connectivity index (χ1n) is 9.57. The van der Waals surface area contributed by atoms with Gasteiger partial charge >= 0.3 is 0 Å². The Balaban J connectivity index is 1.50. The van der Waals surface area contributed by atoms with Gasteiger partial charge in [-0.3, -0.25) is 4.79 Å². The lowest BCUT2D eigenvalue weighted by Crippen LogP contribution is -2.48. The molecule has 1 fully saturated rings. The first-order valence-corrected chi connectivity index (χ1v) is 11.4. The van der Waals surface area contributed by atoms with E-state index in [-0.39, 0.29) is 10.8 Å². The van der Waals surface area contributed by atoms with Crippen LogP contribution < -0.4 is 4.90 Å². The van der Waals surface area contributed by atoms with Gasteiger partial charge in [-0.15, -0.1) is 0 Å². The second-order valence-corrected chi connectivity index (χ2v) is 9.87. The molecule has 0 saturated carbocycles. The summed E-state index contributed by atoms with van der Waals surface area (Å²) in [5.41, 5.74) is 2.03. The Morgan fingerprint density at radius 1 is 1.03 bits per heavy atom. The normalized spacial score (nSPS) is 15.0. The minimum atomic E-state index is -3.43. The van der Waals surface area contributed by atoms with Crippen molar-refractivity contribution in [2.45, 2.75) is 17.7 Å². The van der Waals surface area contributed by atoms with Gasteiger partial charge < -0.3 is 9.80 Å². The number of aryl methyl sites for hydroxylation is 1. The number of benzene rings is 2. The molecule has 2 aromatic rings. The van der Waals surface area contributed by atoms with E-state index in [2.05, 4.69) is 4.90 Å². The van der Waals surface area contributed by atoms with E-state index in [1.165, 1.54) is 18.4 Å². The first-order chi connectivity index (χ1) is 13.8. The van der Waals surface area contributed by atoms with E-state index in [0.717, 1.165) is 24.3 Å². The van der Waals surface area contributed by atoms with Crippen molar-refractivity contribution in [2.75, 3.05) is 45.2 Å². The van der Waals surface area contributed by atoms with Crippen LogP contribution in [0.5, 0.6) is 0 Å². The summed E-state index contributed by atoms with van der Waals surface area (Å²) in [6.07, 6.45) is 1.01. The predicted octanol–water partition coefficient (Wildman–Crippen LogP) is 2.87. The van der Waals surface area contributed by atoms with Crippen LogP contribution in [0.2, 0.25) is 5.02 Å². The van der Waals surface area contributed by atoms with E-state index in [1.54, 1.807) is 24.3 Å².